The van der Waals surface area contributed by atoms with Crippen LogP contribution in [0.25, 0.3) is 0 Å². The molecular weight excluding hydrogens is 448 g/mol. The predicted molar refractivity (Wildman–Crippen MR) is 107 cm³/mol. The van der Waals surface area contributed by atoms with Crippen LogP contribution in [0, 0.1) is 0 Å². The monoisotopic (exact) mass is 467 g/mol. The van der Waals surface area contributed by atoms with Gasteiger partial charge in [-0.25, -0.2) is 0 Å². The molecular formula is C15H20Cl2IN5. The molecule has 0 bridgehead atoms. The molecule has 0 amide bonds. The molecule has 0 radical (unpaired) electrons. The number of benzene rings is 1. The lowest BCUT2D eigenvalue weighted by atomic mass is 10.2. The van der Waals surface area contributed by atoms with Crippen molar-refractivity contribution in [2.24, 2.45) is 12.0 Å². The third-order valence-electron chi connectivity index (χ3n) is 3.33. The molecule has 0 aliphatic rings. The van der Waals surface area contributed by atoms with Crippen LogP contribution in [0.5, 0.6) is 0 Å². The van der Waals surface area contributed by atoms with Crippen LogP contribution in [0.2, 0.25) is 10.0 Å². The number of guanidine groups is 1. The van der Waals surface area contributed by atoms with Crippen molar-refractivity contribution >= 4 is 53.1 Å². The van der Waals surface area contributed by atoms with Crippen molar-refractivity contribution in [3.8, 4) is 0 Å². The molecule has 0 spiro atoms. The molecule has 23 heavy (non-hydrogen) atoms. The number of aliphatic imine (C=N–C) groups is 1. The molecule has 0 fully saturated rings. The largest absolute Gasteiger partial charge is 0.351 e. The Labute approximate surface area is 163 Å². The molecule has 0 aliphatic carbocycles. The lowest BCUT2D eigenvalue weighted by Gasteiger charge is -2.22. The highest BCUT2D eigenvalue weighted by atomic mass is 127. The van der Waals surface area contributed by atoms with E-state index in [0.29, 0.717) is 23.1 Å². The molecule has 0 saturated carbocycles. The van der Waals surface area contributed by atoms with Crippen LogP contribution in [0.1, 0.15) is 11.3 Å². The molecule has 1 aromatic heterocycles. The molecule has 2 aromatic rings. The summed E-state index contributed by atoms with van der Waals surface area (Å²) in [5.41, 5.74) is 2.16. The maximum absolute atomic E-state index is 6.05. The Bertz CT molecular complexity index is 672. The molecule has 0 aliphatic heterocycles. The van der Waals surface area contributed by atoms with Gasteiger partial charge in [0.1, 0.15) is 0 Å². The predicted octanol–water partition coefficient (Wildman–Crippen LogP) is 3.55. The fourth-order valence-corrected chi connectivity index (χ4v) is 2.44. The van der Waals surface area contributed by atoms with Gasteiger partial charge in [0, 0.05) is 33.9 Å². The third-order valence-corrected chi connectivity index (χ3v) is 4.07. The Hall–Kier alpha value is -0.990. The minimum Gasteiger partial charge on any atom is -0.351 e. The highest BCUT2D eigenvalue weighted by molar-refractivity contribution is 14.0. The van der Waals surface area contributed by atoms with Crippen molar-refractivity contribution in [2.45, 2.75) is 13.1 Å². The zero-order valence-corrected chi connectivity index (χ0v) is 17.1. The fraction of sp³-hybridized carbons (Fsp3) is 0.333. The summed E-state index contributed by atoms with van der Waals surface area (Å²) >= 11 is 12.0. The zero-order chi connectivity index (χ0) is 16.1. The van der Waals surface area contributed by atoms with Crippen molar-refractivity contribution in [2.75, 3.05) is 14.1 Å². The first kappa shape index (κ1) is 20.1. The number of nitrogens with zero attached hydrogens (tertiary/aromatic N) is 4. The average Bonchev–Trinajstić information content (AvgIpc) is 2.89. The number of halogens is 3. The lowest BCUT2D eigenvalue weighted by Crippen LogP contribution is -2.38. The van der Waals surface area contributed by atoms with E-state index in [2.05, 4.69) is 15.4 Å². The SMILES string of the molecule is CN=C(NCc1ccnn1C)N(C)Cc1ccc(Cl)c(Cl)c1.I. The summed E-state index contributed by atoms with van der Waals surface area (Å²) in [6, 6.07) is 7.60. The van der Waals surface area contributed by atoms with E-state index in [-0.39, 0.29) is 24.0 Å². The van der Waals surface area contributed by atoms with E-state index in [9.17, 15) is 0 Å². The first-order valence-corrected chi connectivity index (χ1v) is 7.59. The maximum Gasteiger partial charge on any atom is 0.194 e. The number of hydrogen-bond acceptors (Lipinski definition) is 2. The Morgan fingerprint density at radius 3 is 2.61 bits per heavy atom. The molecule has 5 nitrogen and oxygen atoms in total. The normalized spacial score (nSPS) is 11.1. The van der Waals surface area contributed by atoms with Crippen LogP contribution < -0.4 is 5.32 Å². The molecule has 0 atom stereocenters. The topological polar surface area (TPSA) is 45.5 Å². The lowest BCUT2D eigenvalue weighted by molar-refractivity contribution is 0.474. The van der Waals surface area contributed by atoms with Gasteiger partial charge >= 0.3 is 0 Å². The minimum absolute atomic E-state index is 0. The van der Waals surface area contributed by atoms with Crippen molar-refractivity contribution in [1.29, 1.82) is 0 Å². The van der Waals surface area contributed by atoms with E-state index in [0.717, 1.165) is 17.2 Å². The van der Waals surface area contributed by atoms with Gasteiger partial charge in [-0.2, -0.15) is 5.10 Å². The minimum atomic E-state index is 0. The second-order valence-electron chi connectivity index (χ2n) is 4.95. The van der Waals surface area contributed by atoms with E-state index in [1.807, 2.05) is 41.9 Å². The first-order chi connectivity index (χ1) is 10.5. The van der Waals surface area contributed by atoms with Gasteiger partial charge in [-0.1, -0.05) is 29.3 Å². The van der Waals surface area contributed by atoms with Crippen molar-refractivity contribution in [3.05, 3.63) is 51.8 Å². The average molecular weight is 468 g/mol. The molecule has 8 heteroatoms. The van der Waals surface area contributed by atoms with Gasteiger partial charge in [-0.05, 0) is 23.8 Å². The molecule has 1 aromatic carbocycles. The van der Waals surface area contributed by atoms with Crippen molar-refractivity contribution in [1.82, 2.24) is 20.0 Å². The number of rotatable bonds is 4. The van der Waals surface area contributed by atoms with Crippen molar-refractivity contribution < 1.29 is 0 Å². The molecule has 0 unspecified atom stereocenters. The second-order valence-corrected chi connectivity index (χ2v) is 5.77. The summed E-state index contributed by atoms with van der Waals surface area (Å²) in [5, 5.41) is 8.58. The van der Waals surface area contributed by atoms with E-state index < -0.39 is 0 Å². The third kappa shape index (κ3) is 5.54. The van der Waals surface area contributed by atoms with Crippen LogP contribution in [-0.4, -0.2) is 34.7 Å². The van der Waals surface area contributed by atoms with Crippen LogP contribution in [0.15, 0.2) is 35.5 Å². The van der Waals surface area contributed by atoms with Crippen LogP contribution in [0.4, 0.5) is 0 Å². The number of aryl methyl sites for hydroxylation is 1. The maximum atomic E-state index is 6.05. The Balaban J connectivity index is 0.00000264. The molecule has 1 N–H and O–H groups in total. The molecule has 0 saturated heterocycles. The van der Waals surface area contributed by atoms with E-state index in [1.165, 1.54) is 0 Å². The molecule has 1 heterocycles. The van der Waals surface area contributed by atoms with Crippen molar-refractivity contribution in [3.63, 3.8) is 0 Å². The first-order valence-electron chi connectivity index (χ1n) is 6.84. The van der Waals surface area contributed by atoms with Gasteiger partial charge < -0.3 is 10.2 Å². The van der Waals surface area contributed by atoms with Gasteiger partial charge in [-0.15, -0.1) is 24.0 Å². The Morgan fingerprint density at radius 1 is 1.30 bits per heavy atom. The quantitative estimate of drug-likeness (QED) is 0.425. The van der Waals surface area contributed by atoms with Gasteiger partial charge in [-0.3, -0.25) is 9.67 Å². The van der Waals surface area contributed by atoms with E-state index in [4.69, 9.17) is 23.2 Å². The summed E-state index contributed by atoms with van der Waals surface area (Å²) in [7, 11) is 5.65. The van der Waals surface area contributed by atoms with Gasteiger partial charge in [0.2, 0.25) is 0 Å². The molecule has 126 valence electrons. The highest BCUT2D eigenvalue weighted by Crippen LogP contribution is 2.23. The summed E-state index contributed by atoms with van der Waals surface area (Å²) in [6.45, 7) is 1.34. The number of aromatic nitrogens is 2. The number of hydrogen-bond donors (Lipinski definition) is 1. The van der Waals surface area contributed by atoms with Crippen LogP contribution >= 0.6 is 47.2 Å². The summed E-state index contributed by atoms with van der Waals surface area (Å²) < 4.78 is 1.83. The van der Waals surface area contributed by atoms with Crippen LogP contribution in [-0.2, 0) is 20.1 Å². The summed E-state index contributed by atoms with van der Waals surface area (Å²) in [4.78, 5) is 6.32. The second kappa shape index (κ2) is 9.34. The van der Waals surface area contributed by atoms with Gasteiger partial charge in [0.05, 0.1) is 22.3 Å². The van der Waals surface area contributed by atoms with E-state index >= 15 is 0 Å². The molecule has 2 rings (SSSR count). The summed E-state index contributed by atoms with van der Waals surface area (Å²) in [5.74, 6) is 0.798. The standard InChI is InChI=1S/C15H19Cl2N5.HI/c1-18-15(19-9-12-6-7-20-22(12)3)21(2)10-11-4-5-13(16)14(17)8-11;/h4-8H,9-10H2,1-3H3,(H,18,19);1H. The highest BCUT2D eigenvalue weighted by Gasteiger charge is 2.09. The summed E-state index contributed by atoms with van der Waals surface area (Å²) in [6.07, 6.45) is 1.78. The van der Waals surface area contributed by atoms with Crippen LogP contribution in [0.3, 0.4) is 0 Å². The zero-order valence-electron chi connectivity index (χ0n) is 13.3. The van der Waals surface area contributed by atoms with Gasteiger partial charge in [0.25, 0.3) is 0 Å². The number of nitrogens with one attached hydrogen (secondary N) is 1. The van der Waals surface area contributed by atoms with E-state index in [1.54, 1.807) is 19.3 Å². The smallest absolute Gasteiger partial charge is 0.194 e. The van der Waals surface area contributed by atoms with Gasteiger partial charge in [0.15, 0.2) is 5.96 Å². The Kier molecular flexibility index (Phi) is 8.15. The Morgan fingerprint density at radius 2 is 2.04 bits per heavy atom. The fourth-order valence-electron chi connectivity index (χ4n) is 2.12.